The molecule has 1 unspecified atom stereocenters. The fraction of sp³-hybridized carbons (Fsp3) is 0.107. The lowest BCUT2D eigenvalue weighted by Gasteiger charge is -2.32. The standard InChI is InChI=1S/C28H16F2N4O4S/c1-14-31-32-27(39-14)34-25(36)24-22(23(35)17-12-16(29)10-11-21(17)38-24)28(34)18-7-3-5-9-20(18)33(26(28)37)13-15-6-2-4-8-19(15)30/h2-12H,13H2,1H3. The summed E-state index contributed by atoms with van der Waals surface area (Å²) in [5.41, 5.74) is -2.05. The summed E-state index contributed by atoms with van der Waals surface area (Å²) < 4.78 is 34.8. The molecule has 3 aromatic carbocycles. The van der Waals surface area contributed by atoms with E-state index in [4.69, 9.17) is 4.42 Å². The lowest BCUT2D eigenvalue weighted by atomic mass is 9.84. The number of carbonyl (C=O) groups excluding carboxylic acids is 2. The largest absolute Gasteiger partial charge is 0.450 e. The Kier molecular flexibility index (Phi) is 4.86. The first-order valence-corrected chi connectivity index (χ1v) is 12.7. The summed E-state index contributed by atoms with van der Waals surface area (Å²) in [6.07, 6.45) is 0. The number of hydrogen-bond acceptors (Lipinski definition) is 7. The molecule has 39 heavy (non-hydrogen) atoms. The number of anilines is 2. The molecule has 0 N–H and O–H groups in total. The maximum atomic E-state index is 14.7. The number of rotatable bonds is 3. The van der Waals surface area contributed by atoms with E-state index in [-0.39, 0.29) is 39.5 Å². The number of halogens is 2. The number of para-hydroxylation sites is 1. The molecule has 0 saturated heterocycles. The van der Waals surface area contributed by atoms with E-state index in [0.717, 1.165) is 28.4 Å². The van der Waals surface area contributed by atoms with Crippen LogP contribution in [0.1, 0.15) is 32.3 Å². The van der Waals surface area contributed by atoms with Crippen LogP contribution in [0.3, 0.4) is 0 Å². The molecule has 0 bridgehead atoms. The predicted molar refractivity (Wildman–Crippen MR) is 139 cm³/mol. The van der Waals surface area contributed by atoms with Gasteiger partial charge in [0, 0.05) is 11.1 Å². The van der Waals surface area contributed by atoms with E-state index in [9.17, 15) is 23.2 Å². The van der Waals surface area contributed by atoms with Gasteiger partial charge in [0.15, 0.2) is 11.0 Å². The van der Waals surface area contributed by atoms with Crippen LogP contribution < -0.4 is 15.2 Å². The maximum Gasteiger partial charge on any atom is 0.297 e. The van der Waals surface area contributed by atoms with Crippen LogP contribution in [-0.4, -0.2) is 22.0 Å². The third-order valence-electron chi connectivity index (χ3n) is 7.08. The summed E-state index contributed by atoms with van der Waals surface area (Å²) in [5, 5.41) is 8.64. The van der Waals surface area contributed by atoms with Gasteiger partial charge < -0.3 is 9.32 Å². The van der Waals surface area contributed by atoms with Crippen molar-refractivity contribution in [2.24, 2.45) is 0 Å². The van der Waals surface area contributed by atoms with Gasteiger partial charge in [-0.1, -0.05) is 47.7 Å². The van der Waals surface area contributed by atoms with Crippen LogP contribution in [0.15, 0.2) is 75.9 Å². The van der Waals surface area contributed by atoms with E-state index in [2.05, 4.69) is 10.2 Å². The van der Waals surface area contributed by atoms with Crippen molar-refractivity contribution in [3.63, 3.8) is 0 Å². The van der Waals surface area contributed by atoms with Gasteiger partial charge in [0.25, 0.3) is 11.8 Å². The second kappa shape index (κ2) is 8.11. The van der Waals surface area contributed by atoms with E-state index >= 15 is 0 Å². The highest BCUT2D eigenvalue weighted by atomic mass is 32.1. The number of benzene rings is 3. The zero-order valence-corrected chi connectivity index (χ0v) is 21.0. The molecule has 2 aromatic heterocycles. The quantitative estimate of drug-likeness (QED) is 0.329. The van der Waals surface area contributed by atoms with Gasteiger partial charge in [0.2, 0.25) is 10.9 Å². The number of carbonyl (C=O) groups is 2. The lowest BCUT2D eigenvalue weighted by Crippen LogP contribution is -2.53. The van der Waals surface area contributed by atoms with Crippen molar-refractivity contribution in [3.8, 4) is 0 Å². The average molecular weight is 543 g/mol. The lowest BCUT2D eigenvalue weighted by molar-refractivity contribution is -0.121. The first-order chi connectivity index (χ1) is 18.8. The zero-order chi connectivity index (χ0) is 27.1. The van der Waals surface area contributed by atoms with Gasteiger partial charge in [-0.15, -0.1) is 10.2 Å². The molecule has 1 spiro atoms. The Balaban J connectivity index is 1.57. The fourth-order valence-corrected chi connectivity index (χ4v) is 6.20. The van der Waals surface area contributed by atoms with Crippen LogP contribution in [0, 0.1) is 18.6 Å². The smallest absolute Gasteiger partial charge is 0.297 e. The Labute approximate surface area is 222 Å². The molecule has 0 fully saturated rings. The third-order valence-corrected chi connectivity index (χ3v) is 7.90. The number of amides is 2. The highest BCUT2D eigenvalue weighted by Gasteiger charge is 2.66. The van der Waals surface area contributed by atoms with Gasteiger partial charge in [-0.25, -0.2) is 8.78 Å². The van der Waals surface area contributed by atoms with Crippen molar-refractivity contribution < 1.29 is 22.8 Å². The molecule has 7 rings (SSSR count). The number of nitrogens with zero attached hydrogens (tertiary/aromatic N) is 4. The van der Waals surface area contributed by atoms with Gasteiger partial charge in [-0.3, -0.25) is 19.3 Å². The van der Waals surface area contributed by atoms with Gasteiger partial charge in [-0.05, 0) is 37.3 Å². The van der Waals surface area contributed by atoms with Crippen molar-refractivity contribution in [2.45, 2.75) is 19.0 Å². The Morgan fingerprint density at radius 1 is 0.974 bits per heavy atom. The number of fused-ring (bicyclic) bond motifs is 5. The Morgan fingerprint density at radius 3 is 2.51 bits per heavy atom. The van der Waals surface area contributed by atoms with Gasteiger partial charge in [-0.2, -0.15) is 0 Å². The first kappa shape index (κ1) is 23.4. The van der Waals surface area contributed by atoms with Crippen LogP contribution in [0.4, 0.5) is 19.6 Å². The van der Waals surface area contributed by atoms with Crippen molar-refractivity contribution in [1.82, 2.24) is 10.2 Å². The van der Waals surface area contributed by atoms with E-state index in [1.54, 1.807) is 49.4 Å². The Hall–Kier alpha value is -4.77. The van der Waals surface area contributed by atoms with Gasteiger partial charge in [0.1, 0.15) is 22.2 Å². The summed E-state index contributed by atoms with van der Waals surface area (Å²) in [6, 6.07) is 16.1. The van der Waals surface area contributed by atoms with Crippen LogP contribution in [0.25, 0.3) is 11.0 Å². The molecule has 1 atom stereocenters. The second-order valence-electron chi connectivity index (χ2n) is 9.23. The molecule has 2 aliphatic heterocycles. The first-order valence-electron chi connectivity index (χ1n) is 11.9. The summed E-state index contributed by atoms with van der Waals surface area (Å²) in [4.78, 5) is 45.2. The van der Waals surface area contributed by atoms with Crippen molar-refractivity contribution in [3.05, 3.63) is 116 Å². The minimum atomic E-state index is -2.03. The van der Waals surface area contributed by atoms with Crippen molar-refractivity contribution in [2.75, 3.05) is 9.80 Å². The van der Waals surface area contributed by atoms with E-state index in [1.807, 2.05) is 0 Å². The zero-order valence-electron chi connectivity index (χ0n) is 20.1. The molecule has 11 heteroatoms. The maximum absolute atomic E-state index is 14.7. The molecule has 0 aliphatic carbocycles. The van der Waals surface area contributed by atoms with Crippen LogP contribution in [-0.2, 0) is 16.9 Å². The molecular weight excluding hydrogens is 526 g/mol. The Morgan fingerprint density at radius 2 is 1.74 bits per heavy atom. The molecule has 4 heterocycles. The molecule has 0 saturated carbocycles. The average Bonchev–Trinajstić information content (AvgIpc) is 3.54. The minimum absolute atomic E-state index is 0.000822. The summed E-state index contributed by atoms with van der Waals surface area (Å²) >= 11 is 1.07. The third kappa shape index (κ3) is 3.04. The van der Waals surface area contributed by atoms with Gasteiger partial charge in [0.05, 0.1) is 23.2 Å². The molecular formula is C28H16F2N4O4S. The summed E-state index contributed by atoms with van der Waals surface area (Å²) in [6.45, 7) is 1.53. The second-order valence-corrected chi connectivity index (χ2v) is 10.4. The monoisotopic (exact) mass is 542 g/mol. The molecule has 192 valence electrons. The van der Waals surface area contributed by atoms with Gasteiger partial charge >= 0.3 is 0 Å². The van der Waals surface area contributed by atoms with Crippen molar-refractivity contribution in [1.29, 1.82) is 0 Å². The molecule has 2 amide bonds. The topological polar surface area (TPSA) is 96.6 Å². The van der Waals surface area contributed by atoms with Crippen LogP contribution >= 0.6 is 11.3 Å². The number of aromatic nitrogens is 2. The summed E-state index contributed by atoms with van der Waals surface area (Å²) in [5.74, 6) is -2.97. The van der Waals surface area contributed by atoms with Crippen LogP contribution in [0.5, 0.6) is 0 Å². The van der Waals surface area contributed by atoms with E-state index < -0.39 is 34.4 Å². The van der Waals surface area contributed by atoms with Crippen LogP contribution in [0.2, 0.25) is 0 Å². The highest BCUT2D eigenvalue weighted by Crippen LogP contribution is 2.54. The fourth-order valence-electron chi connectivity index (χ4n) is 5.47. The molecule has 0 radical (unpaired) electrons. The highest BCUT2D eigenvalue weighted by molar-refractivity contribution is 7.15. The summed E-state index contributed by atoms with van der Waals surface area (Å²) in [7, 11) is 0. The Bertz CT molecular complexity index is 1940. The predicted octanol–water partition coefficient (Wildman–Crippen LogP) is 4.68. The number of aryl methyl sites for hydroxylation is 1. The van der Waals surface area contributed by atoms with E-state index in [1.165, 1.54) is 17.0 Å². The molecule has 8 nitrogen and oxygen atoms in total. The van der Waals surface area contributed by atoms with E-state index in [0.29, 0.717) is 16.3 Å². The minimum Gasteiger partial charge on any atom is -0.450 e. The normalized spacial score (nSPS) is 17.9. The SMILES string of the molecule is Cc1nnc(N2C(=O)c3oc4ccc(F)cc4c(=O)c3C23C(=O)N(Cc2ccccc2F)c2ccccc23)s1. The molecule has 2 aliphatic rings. The number of hydrogen-bond donors (Lipinski definition) is 0. The van der Waals surface area contributed by atoms with Crippen molar-refractivity contribution >= 4 is 44.9 Å². The molecule has 5 aromatic rings.